The number of amides is 1. The molecule has 0 spiro atoms. The van der Waals surface area contributed by atoms with Gasteiger partial charge in [0.2, 0.25) is 0 Å². The van der Waals surface area contributed by atoms with Crippen LogP contribution >= 0.6 is 0 Å². The van der Waals surface area contributed by atoms with E-state index in [1.807, 2.05) is 4.90 Å². The minimum Gasteiger partial charge on any atom is -0.449 e. The molecule has 98 valence electrons. The molecule has 1 heterocycles. The van der Waals surface area contributed by atoms with E-state index >= 15 is 0 Å². The van der Waals surface area contributed by atoms with E-state index in [1.165, 1.54) is 32.1 Å². The van der Waals surface area contributed by atoms with E-state index in [4.69, 9.17) is 4.74 Å². The van der Waals surface area contributed by atoms with Crippen LogP contribution in [-0.4, -0.2) is 55.7 Å². The van der Waals surface area contributed by atoms with Crippen molar-refractivity contribution in [3.05, 3.63) is 0 Å². The Bertz CT molecular complexity index is 244. The summed E-state index contributed by atoms with van der Waals surface area (Å²) in [5.74, 6) is 0.611. The van der Waals surface area contributed by atoms with Gasteiger partial charge in [-0.05, 0) is 25.8 Å². The van der Waals surface area contributed by atoms with Gasteiger partial charge in [0.25, 0.3) is 0 Å². The van der Waals surface area contributed by atoms with E-state index in [-0.39, 0.29) is 6.09 Å². The average molecular weight is 240 g/mol. The summed E-state index contributed by atoms with van der Waals surface area (Å²) in [6, 6.07) is 0. The molecule has 0 aromatic carbocycles. The lowest BCUT2D eigenvalue weighted by molar-refractivity contribution is 0.0651. The summed E-state index contributed by atoms with van der Waals surface area (Å²) in [5, 5.41) is 0. The van der Waals surface area contributed by atoms with Crippen LogP contribution in [0.3, 0.4) is 0 Å². The summed E-state index contributed by atoms with van der Waals surface area (Å²) in [4.78, 5) is 15.9. The zero-order valence-electron chi connectivity index (χ0n) is 10.9. The number of likely N-dealkylation sites (N-methyl/N-ethyl adjacent to an activating group) is 1. The van der Waals surface area contributed by atoms with Crippen molar-refractivity contribution >= 4 is 6.09 Å². The fraction of sp³-hybridized carbons (Fsp3) is 0.923. The van der Waals surface area contributed by atoms with Crippen LogP contribution in [-0.2, 0) is 4.74 Å². The van der Waals surface area contributed by atoms with Crippen molar-refractivity contribution in [2.75, 3.05) is 39.8 Å². The Morgan fingerprint density at radius 3 is 2.41 bits per heavy atom. The first-order chi connectivity index (χ1) is 8.25. The lowest BCUT2D eigenvalue weighted by Crippen LogP contribution is -2.47. The average Bonchev–Trinajstić information content (AvgIpc) is 2.38. The van der Waals surface area contributed by atoms with E-state index in [1.54, 1.807) is 0 Å². The van der Waals surface area contributed by atoms with Gasteiger partial charge in [0.05, 0.1) is 6.61 Å². The van der Waals surface area contributed by atoms with Crippen molar-refractivity contribution in [2.24, 2.45) is 5.92 Å². The molecule has 2 aliphatic rings. The maximum absolute atomic E-state index is 11.8. The molecule has 0 aromatic heterocycles. The molecule has 0 atom stereocenters. The number of carbonyl (C=O) groups is 1. The van der Waals surface area contributed by atoms with Crippen LogP contribution in [0, 0.1) is 5.92 Å². The standard InChI is InChI=1S/C13H24N2O2/c1-14-7-9-15(10-8-14)13(16)17-11-12-5-3-2-4-6-12/h12H,2-11H2,1H3. The Balaban J connectivity index is 1.66. The van der Waals surface area contributed by atoms with Crippen molar-refractivity contribution in [2.45, 2.75) is 32.1 Å². The lowest BCUT2D eigenvalue weighted by atomic mass is 9.90. The molecule has 1 aliphatic heterocycles. The minimum atomic E-state index is -0.108. The van der Waals surface area contributed by atoms with Gasteiger partial charge < -0.3 is 14.5 Å². The molecule has 1 saturated heterocycles. The fourth-order valence-electron chi connectivity index (χ4n) is 2.62. The maximum Gasteiger partial charge on any atom is 0.409 e. The third-order valence-electron chi connectivity index (χ3n) is 3.93. The second-order valence-electron chi connectivity index (χ2n) is 5.37. The molecule has 4 nitrogen and oxygen atoms in total. The van der Waals surface area contributed by atoms with E-state index < -0.39 is 0 Å². The summed E-state index contributed by atoms with van der Waals surface area (Å²) in [6.45, 7) is 4.15. The molecule has 1 aliphatic carbocycles. The third-order valence-corrected chi connectivity index (χ3v) is 3.93. The van der Waals surface area contributed by atoms with E-state index in [0.29, 0.717) is 12.5 Å². The Hall–Kier alpha value is -0.770. The smallest absolute Gasteiger partial charge is 0.409 e. The number of hydrogen-bond acceptors (Lipinski definition) is 3. The zero-order chi connectivity index (χ0) is 12.1. The summed E-state index contributed by atoms with van der Waals surface area (Å²) in [5.41, 5.74) is 0. The summed E-state index contributed by atoms with van der Waals surface area (Å²) in [6.07, 6.45) is 6.31. The van der Waals surface area contributed by atoms with Gasteiger partial charge >= 0.3 is 6.09 Å². The van der Waals surface area contributed by atoms with Gasteiger partial charge in [0, 0.05) is 26.2 Å². The van der Waals surface area contributed by atoms with Crippen molar-refractivity contribution in [3.8, 4) is 0 Å². The number of hydrogen-bond donors (Lipinski definition) is 0. The molecule has 0 bridgehead atoms. The maximum atomic E-state index is 11.8. The highest BCUT2D eigenvalue weighted by molar-refractivity contribution is 5.67. The Morgan fingerprint density at radius 2 is 1.76 bits per heavy atom. The van der Waals surface area contributed by atoms with Crippen LogP contribution in [0.4, 0.5) is 4.79 Å². The SMILES string of the molecule is CN1CCN(C(=O)OCC2CCCCC2)CC1. The van der Waals surface area contributed by atoms with Gasteiger partial charge in [-0.2, -0.15) is 0 Å². The van der Waals surface area contributed by atoms with Crippen LogP contribution in [0.15, 0.2) is 0 Å². The molecule has 2 fully saturated rings. The summed E-state index contributed by atoms with van der Waals surface area (Å²) in [7, 11) is 2.09. The van der Waals surface area contributed by atoms with Crippen molar-refractivity contribution in [3.63, 3.8) is 0 Å². The minimum absolute atomic E-state index is 0.108. The first-order valence-electron chi connectivity index (χ1n) is 6.86. The van der Waals surface area contributed by atoms with Crippen LogP contribution < -0.4 is 0 Å². The number of nitrogens with zero attached hydrogens (tertiary/aromatic N) is 2. The van der Waals surface area contributed by atoms with E-state index in [9.17, 15) is 4.79 Å². The molecular formula is C13H24N2O2. The number of rotatable bonds is 2. The first kappa shape index (κ1) is 12.7. The number of piperazine rings is 1. The second-order valence-corrected chi connectivity index (χ2v) is 5.37. The predicted octanol–water partition coefficient (Wildman–Crippen LogP) is 1.95. The Kier molecular flexibility index (Phi) is 4.66. The summed E-state index contributed by atoms with van der Waals surface area (Å²) >= 11 is 0. The molecule has 1 amide bonds. The number of carbonyl (C=O) groups excluding carboxylic acids is 1. The van der Waals surface area contributed by atoms with Crippen LogP contribution in [0.1, 0.15) is 32.1 Å². The molecular weight excluding hydrogens is 216 g/mol. The topological polar surface area (TPSA) is 32.8 Å². The fourth-order valence-corrected chi connectivity index (χ4v) is 2.62. The van der Waals surface area contributed by atoms with Gasteiger partial charge in [-0.15, -0.1) is 0 Å². The molecule has 2 rings (SSSR count). The Morgan fingerprint density at radius 1 is 1.12 bits per heavy atom. The molecule has 0 N–H and O–H groups in total. The highest BCUT2D eigenvalue weighted by Gasteiger charge is 2.22. The zero-order valence-corrected chi connectivity index (χ0v) is 10.9. The molecule has 0 aromatic rings. The van der Waals surface area contributed by atoms with Gasteiger partial charge in [0.1, 0.15) is 0 Å². The molecule has 0 unspecified atom stereocenters. The lowest BCUT2D eigenvalue weighted by Gasteiger charge is -2.32. The van der Waals surface area contributed by atoms with Crippen LogP contribution in [0.2, 0.25) is 0 Å². The van der Waals surface area contributed by atoms with Crippen LogP contribution in [0.5, 0.6) is 0 Å². The molecule has 0 radical (unpaired) electrons. The molecule has 17 heavy (non-hydrogen) atoms. The predicted molar refractivity (Wildman–Crippen MR) is 67.0 cm³/mol. The third kappa shape index (κ3) is 3.87. The van der Waals surface area contributed by atoms with Gasteiger partial charge in [0.15, 0.2) is 0 Å². The Labute approximate surface area is 104 Å². The number of ether oxygens (including phenoxy) is 1. The van der Waals surface area contributed by atoms with Crippen molar-refractivity contribution in [1.82, 2.24) is 9.80 Å². The second kappa shape index (κ2) is 6.24. The van der Waals surface area contributed by atoms with E-state index in [2.05, 4.69) is 11.9 Å². The van der Waals surface area contributed by atoms with Gasteiger partial charge in [-0.1, -0.05) is 19.3 Å². The summed E-state index contributed by atoms with van der Waals surface area (Å²) < 4.78 is 5.42. The molecule has 4 heteroatoms. The first-order valence-corrected chi connectivity index (χ1v) is 6.86. The van der Waals surface area contributed by atoms with E-state index in [0.717, 1.165) is 26.2 Å². The van der Waals surface area contributed by atoms with Crippen molar-refractivity contribution in [1.29, 1.82) is 0 Å². The van der Waals surface area contributed by atoms with Crippen molar-refractivity contribution < 1.29 is 9.53 Å². The highest BCUT2D eigenvalue weighted by Crippen LogP contribution is 2.23. The van der Waals surface area contributed by atoms with Crippen LogP contribution in [0.25, 0.3) is 0 Å². The molecule has 1 saturated carbocycles. The quantitative estimate of drug-likeness (QED) is 0.739. The largest absolute Gasteiger partial charge is 0.449 e. The van der Waals surface area contributed by atoms with Gasteiger partial charge in [-0.3, -0.25) is 0 Å². The highest BCUT2D eigenvalue weighted by atomic mass is 16.6. The monoisotopic (exact) mass is 240 g/mol. The van der Waals surface area contributed by atoms with Gasteiger partial charge in [-0.25, -0.2) is 4.79 Å². The normalized spacial score (nSPS) is 23.7.